The second-order valence-corrected chi connectivity index (χ2v) is 3.17. The van der Waals surface area contributed by atoms with Crippen molar-refractivity contribution < 1.29 is 14.3 Å². The molecule has 5 heteroatoms. The number of carbonyl (C=O) groups is 1. The van der Waals surface area contributed by atoms with E-state index in [0.717, 1.165) is 25.9 Å². The Bertz CT molecular complexity index is 160. The van der Waals surface area contributed by atoms with Crippen molar-refractivity contribution in [1.82, 2.24) is 5.32 Å². The summed E-state index contributed by atoms with van der Waals surface area (Å²) >= 11 is 0. The van der Waals surface area contributed by atoms with Crippen molar-refractivity contribution in [2.24, 2.45) is 0 Å². The number of hydrogen-bond donors (Lipinski definition) is 1. The first-order valence-electron chi connectivity index (χ1n) is 4.72. The predicted molar refractivity (Wildman–Crippen MR) is 55.7 cm³/mol. The minimum absolute atomic E-state index is 0. The minimum atomic E-state index is -0.205. The summed E-state index contributed by atoms with van der Waals surface area (Å²) in [6, 6.07) is 0. The summed E-state index contributed by atoms with van der Waals surface area (Å²) in [5.74, 6) is -0.205. The molecule has 0 saturated carbocycles. The summed E-state index contributed by atoms with van der Waals surface area (Å²) in [6.45, 7) is 2.46. The molecule has 14 heavy (non-hydrogen) atoms. The lowest BCUT2D eigenvalue weighted by molar-refractivity contribution is -0.142. The summed E-state index contributed by atoms with van der Waals surface area (Å²) in [6.07, 6.45) is 2.88. The van der Waals surface area contributed by atoms with Gasteiger partial charge >= 0.3 is 5.97 Å². The van der Waals surface area contributed by atoms with Crippen LogP contribution in [0.4, 0.5) is 0 Å². The van der Waals surface area contributed by atoms with E-state index in [-0.39, 0.29) is 24.5 Å². The molecule has 1 saturated heterocycles. The molecule has 1 unspecified atom stereocenters. The Morgan fingerprint density at radius 1 is 1.57 bits per heavy atom. The average molecular weight is 224 g/mol. The Balaban J connectivity index is 0.00000169. The van der Waals surface area contributed by atoms with Gasteiger partial charge in [-0.05, 0) is 19.4 Å². The van der Waals surface area contributed by atoms with Crippen molar-refractivity contribution >= 4 is 18.4 Å². The number of hydrogen-bond acceptors (Lipinski definition) is 4. The molecule has 0 radical (unpaired) electrons. The minimum Gasteiger partial charge on any atom is -0.469 e. The molecular weight excluding hydrogens is 206 g/mol. The summed E-state index contributed by atoms with van der Waals surface area (Å²) in [5.41, 5.74) is 0. The fourth-order valence-corrected chi connectivity index (χ4v) is 1.37. The molecule has 4 nitrogen and oxygen atoms in total. The maximum absolute atomic E-state index is 10.7. The van der Waals surface area contributed by atoms with E-state index in [0.29, 0.717) is 13.0 Å². The molecule has 1 N–H and O–H groups in total. The molecule has 1 heterocycles. The largest absolute Gasteiger partial charge is 0.469 e. The van der Waals surface area contributed by atoms with Gasteiger partial charge in [0.1, 0.15) is 0 Å². The molecule has 0 bridgehead atoms. The molecule has 1 rings (SSSR count). The van der Waals surface area contributed by atoms with Crippen LogP contribution in [0.2, 0.25) is 0 Å². The summed E-state index contributed by atoms with van der Waals surface area (Å²) < 4.78 is 10.00. The standard InChI is InChI=1S/C9H17NO3.ClH/c1-12-9(11)4-6-13-8-3-2-5-10-7-8;/h8,10H,2-7H2,1H3;1H. The molecule has 84 valence electrons. The highest BCUT2D eigenvalue weighted by molar-refractivity contribution is 5.85. The first-order valence-corrected chi connectivity index (χ1v) is 4.72. The number of ether oxygens (including phenoxy) is 2. The van der Waals surface area contributed by atoms with Gasteiger partial charge in [-0.1, -0.05) is 0 Å². The molecule has 0 aromatic rings. The number of rotatable bonds is 4. The molecule has 1 aliphatic heterocycles. The van der Waals surface area contributed by atoms with Crippen molar-refractivity contribution in [3.8, 4) is 0 Å². The smallest absolute Gasteiger partial charge is 0.307 e. The number of piperidine rings is 1. The third kappa shape index (κ3) is 5.42. The van der Waals surface area contributed by atoms with E-state index in [1.807, 2.05) is 0 Å². The topological polar surface area (TPSA) is 47.6 Å². The third-order valence-electron chi connectivity index (χ3n) is 2.14. The fraction of sp³-hybridized carbons (Fsp3) is 0.889. The van der Waals surface area contributed by atoms with Gasteiger partial charge in [-0.3, -0.25) is 4.79 Å². The lowest BCUT2D eigenvalue weighted by Crippen LogP contribution is -2.35. The van der Waals surface area contributed by atoms with Crippen LogP contribution in [0.15, 0.2) is 0 Å². The Kier molecular flexibility index (Phi) is 7.84. The van der Waals surface area contributed by atoms with Crippen LogP contribution in [0, 0.1) is 0 Å². The Morgan fingerprint density at radius 3 is 2.93 bits per heavy atom. The van der Waals surface area contributed by atoms with E-state index in [9.17, 15) is 4.79 Å². The number of carbonyl (C=O) groups excluding carboxylic acids is 1. The Labute approximate surface area is 90.7 Å². The van der Waals surface area contributed by atoms with Gasteiger partial charge in [0.15, 0.2) is 0 Å². The van der Waals surface area contributed by atoms with Crippen molar-refractivity contribution in [3.63, 3.8) is 0 Å². The number of halogens is 1. The summed E-state index contributed by atoms with van der Waals surface area (Å²) in [5, 5.41) is 3.25. The van der Waals surface area contributed by atoms with Crippen molar-refractivity contribution in [3.05, 3.63) is 0 Å². The third-order valence-corrected chi connectivity index (χ3v) is 2.14. The first-order chi connectivity index (χ1) is 6.33. The van der Waals surface area contributed by atoms with E-state index in [1.54, 1.807) is 0 Å². The molecule has 1 atom stereocenters. The van der Waals surface area contributed by atoms with Crippen LogP contribution in [0.3, 0.4) is 0 Å². The first kappa shape index (κ1) is 13.7. The molecule has 1 fully saturated rings. The molecule has 0 aliphatic carbocycles. The lowest BCUT2D eigenvalue weighted by Gasteiger charge is -2.22. The van der Waals surface area contributed by atoms with Crippen LogP contribution in [-0.2, 0) is 14.3 Å². The van der Waals surface area contributed by atoms with Crippen LogP contribution in [0.25, 0.3) is 0 Å². The van der Waals surface area contributed by atoms with Crippen molar-refractivity contribution in [2.45, 2.75) is 25.4 Å². The van der Waals surface area contributed by atoms with E-state index < -0.39 is 0 Å². The van der Waals surface area contributed by atoms with Gasteiger partial charge in [0.25, 0.3) is 0 Å². The van der Waals surface area contributed by atoms with Crippen LogP contribution < -0.4 is 5.32 Å². The van der Waals surface area contributed by atoms with Gasteiger partial charge in [0.05, 0.1) is 26.2 Å². The average Bonchev–Trinajstić information content (AvgIpc) is 2.19. The van der Waals surface area contributed by atoms with Crippen molar-refractivity contribution in [1.29, 1.82) is 0 Å². The van der Waals surface area contributed by atoms with E-state index in [4.69, 9.17) is 4.74 Å². The maximum atomic E-state index is 10.7. The highest BCUT2D eigenvalue weighted by Crippen LogP contribution is 2.06. The molecule has 0 aromatic carbocycles. The van der Waals surface area contributed by atoms with Gasteiger partial charge in [0.2, 0.25) is 0 Å². The molecular formula is C9H18ClNO3. The number of methoxy groups -OCH3 is 1. The quantitative estimate of drug-likeness (QED) is 0.715. The second kappa shape index (κ2) is 8.03. The van der Waals surface area contributed by atoms with Crippen LogP contribution in [0.1, 0.15) is 19.3 Å². The van der Waals surface area contributed by atoms with Crippen LogP contribution >= 0.6 is 12.4 Å². The van der Waals surface area contributed by atoms with Gasteiger partial charge in [-0.2, -0.15) is 0 Å². The van der Waals surface area contributed by atoms with E-state index >= 15 is 0 Å². The predicted octanol–water partition coefficient (Wildman–Crippen LogP) is 0.740. The molecule has 0 spiro atoms. The maximum Gasteiger partial charge on any atom is 0.307 e. The highest BCUT2D eigenvalue weighted by atomic mass is 35.5. The molecule has 1 aliphatic rings. The van der Waals surface area contributed by atoms with Gasteiger partial charge in [0, 0.05) is 6.54 Å². The fourth-order valence-electron chi connectivity index (χ4n) is 1.37. The van der Waals surface area contributed by atoms with Gasteiger partial charge in [-0.25, -0.2) is 0 Å². The summed E-state index contributed by atoms with van der Waals surface area (Å²) in [4.78, 5) is 10.7. The second-order valence-electron chi connectivity index (χ2n) is 3.17. The lowest BCUT2D eigenvalue weighted by atomic mass is 10.1. The zero-order chi connectivity index (χ0) is 9.52. The van der Waals surface area contributed by atoms with Crippen LogP contribution in [0.5, 0.6) is 0 Å². The van der Waals surface area contributed by atoms with Gasteiger partial charge < -0.3 is 14.8 Å². The van der Waals surface area contributed by atoms with Gasteiger partial charge in [-0.15, -0.1) is 12.4 Å². The SMILES string of the molecule is COC(=O)CCOC1CCCNC1.Cl. The van der Waals surface area contributed by atoms with Crippen LogP contribution in [-0.4, -0.2) is 38.9 Å². The summed E-state index contributed by atoms with van der Waals surface area (Å²) in [7, 11) is 1.39. The Hall–Kier alpha value is -0.320. The van der Waals surface area contributed by atoms with E-state index in [1.165, 1.54) is 7.11 Å². The molecule has 0 aromatic heterocycles. The van der Waals surface area contributed by atoms with Crippen molar-refractivity contribution in [2.75, 3.05) is 26.8 Å². The highest BCUT2D eigenvalue weighted by Gasteiger charge is 2.13. The monoisotopic (exact) mass is 223 g/mol. The normalized spacial score (nSPS) is 21.1. The number of nitrogens with one attached hydrogen (secondary N) is 1. The zero-order valence-corrected chi connectivity index (χ0v) is 9.27. The Morgan fingerprint density at radius 2 is 2.36 bits per heavy atom. The zero-order valence-electron chi connectivity index (χ0n) is 8.45. The number of esters is 1. The van der Waals surface area contributed by atoms with E-state index in [2.05, 4.69) is 10.1 Å². The molecule has 0 amide bonds.